The van der Waals surface area contributed by atoms with Crippen LogP contribution in [0.25, 0.3) is 0 Å². The molecule has 2 atom stereocenters. The van der Waals surface area contributed by atoms with E-state index < -0.39 is 10.0 Å². The summed E-state index contributed by atoms with van der Waals surface area (Å²) in [4.78, 5) is 28.1. The third-order valence-corrected chi connectivity index (χ3v) is 8.48. The zero-order valence-corrected chi connectivity index (χ0v) is 18.1. The molecule has 0 saturated carbocycles. The fourth-order valence-corrected chi connectivity index (χ4v) is 6.74. The van der Waals surface area contributed by atoms with Crippen molar-refractivity contribution >= 4 is 39.3 Å². The number of sulfonamides is 1. The zero-order chi connectivity index (χ0) is 20.5. The molecule has 0 bridgehead atoms. The van der Waals surface area contributed by atoms with Gasteiger partial charge in [-0.1, -0.05) is 0 Å². The number of amides is 1. The summed E-state index contributed by atoms with van der Waals surface area (Å²) in [6.07, 6.45) is 5.78. The first kappa shape index (κ1) is 21.3. The van der Waals surface area contributed by atoms with E-state index in [0.29, 0.717) is 31.2 Å². The number of carbonyl (C=O) groups excluding carboxylic acids is 2. The molecule has 2 fully saturated rings. The van der Waals surface area contributed by atoms with Crippen molar-refractivity contribution in [1.29, 1.82) is 0 Å². The van der Waals surface area contributed by atoms with Gasteiger partial charge in [-0.25, -0.2) is 17.7 Å². The second-order valence-electron chi connectivity index (χ2n) is 7.82. The number of pyridine rings is 1. The summed E-state index contributed by atoms with van der Waals surface area (Å²) in [6, 6.07) is 3.79. The highest BCUT2D eigenvalue weighted by molar-refractivity contribution is 8.02. The molecule has 2 aliphatic heterocycles. The molecular formula is C19H27N3O4S2. The number of nitrogens with zero attached hydrogens (tertiary/aromatic N) is 2. The van der Waals surface area contributed by atoms with Gasteiger partial charge in [0.05, 0.1) is 11.5 Å². The number of rotatable bonds is 5. The number of piperidine rings is 1. The molecule has 1 aromatic heterocycles. The number of carbonyl (C=O) groups is 2. The van der Waals surface area contributed by atoms with Crippen molar-refractivity contribution in [2.24, 2.45) is 5.92 Å². The summed E-state index contributed by atoms with van der Waals surface area (Å²) in [5.74, 6) is 0.886. The van der Waals surface area contributed by atoms with Crippen LogP contribution < -0.4 is 5.32 Å². The Kier molecular flexibility index (Phi) is 6.17. The van der Waals surface area contributed by atoms with Gasteiger partial charge in [0.25, 0.3) is 0 Å². The summed E-state index contributed by atoms with van der Waals surface area (Å²) in [5, 5.41) is 2.64. The Hall–Kier alpha value is -1.45. The van der Waals surface area contributed by atoms with Crippen LogP contribution in [0, 0.1) is 5.92 Å². The molecule has 1 amide bonds. The monoisotopic (exact) mass is 425 g/mol. The minimum Gasteiger partial charge on any atom is -0.311 e. The van der Waals surface area contributed by atoms with Crippen LogP contribution in [0.15, 0.2) is 18.3 Å². The van der Waals surface area contributed by atoms with Crippen molar-refractivity contribution in [3.63, 3.8) is 0 Å². The lowest BCUT2D eigenvalue weighted by Gasteiger charge is -2.37. The van der Waals surface area contributed by atoms with Gasteiger partial charge in [-0.05, 0) is 49.8 Å². The predicted octanol–water partition coefficient (Wildman–Crippen LogP) is 2.39. The molecule has 2 unspecified atom stereocenters. The third kappa shape index (κ3) is 4.75. The molecule has 154 valence electrons. The van der Waals surface area contributed by atoms with Crippen LogP contribution in [0.3, 0.4) is 0 Å². The minimum absolute atomic E-state index is 0.0755. The number of aromatic nitrogens is 1. The van der Waals surface area contributed by atoms with Crippen LogP contribution in [-0.2, 0) is 24.4 Å². The maximum absolute atomic E-state index is 12.5. The lowest BCUT2D eigenvalue weighted by molar-refractivity contribution is -0.118. The Bertz CT molecular complexity index is 866. The summed E-state index contributed by atoms with van der Waals surface area (Å²) in [7, 11) is -3.15. The Balaban J connectivity index is 1.82. The molecule has 1 N–H and O–H groups in total. The van der Waals surface area contributed by atoms with E-state index in [1.54, 1.807) is 18.0 Å². The maximum atomic E-state index is 12.5. The van der Waals surface area contributed by atoms with E-state index in [1.807, 2.05) is 19.1 Å². The van der Waals surface area contributed by atoms with Gasteiger partial charge in [-0.15, -0.1) is 11.8 Å². The third-order valence-electron chi connectivity index (χ3n) is 5.57. The molecule has 9 heteroatoms. The average Bonchev–Trinajstić information content (AvgIpc) is 2.89. The van der Waals surface area contributed by atoms with Crippen molar-refractivity contribution in [1.82, 2.24) is 9.29 Å². The molecule has 1 aromatic rings. The first-order valence-corrected chi connectivity index (χ1v) is 12.2. The standard InChI is InChI=1S/C19H27N3O4S2/c1-13-17(24)12-19(27-13,16-4-7-20-18(10-16)21-14(2)23)11-15-5-8-22(9-6-15)28(3,25)26/h4,7,10,13,15H,5-6,8-9,11-12H2,1-3H3,(H,20,21,23). The van der Waals surface area contributed by atoms with Crippen molar-refractivity contribution in [3.8, 4) is 0 Å². The SMILES string of the molecule is CC(=O)Nc1cc(C2(CC3CCN(S(C)(=O)=O)CC3)CC(=O)C(C)S2)ccn1. The van der Waals surface area contributed by atoms with Crippen LogP contribution in [0.1, 0.15) is 45.1 Å². The normalized spacial score (nSPS) is 27.1. The zero-order valence-electron chi connectivity index (χ0n) is 16.5. The fourth-order valence-electron chi connectivity index (χ4n) is 4.15. The smallest absolute Gasteiger partial charge is 0.222 e. The van der Waals surface area contributed by atoms with Gasteiger partial charge in [0.1, 0.15) is 11.6 Å². The van der Waals surface area contributed by atoms with Gasteiger partial charge >= 0.3 is 0 Å². The minimum atomic E-state index is -3.15. The van der Waals surface area contributed by atoms with E-state index in [9.17, 15) is 18.0 Å². The van der Waals surface area contributed by atoms with E-state index in [-0.39, 0.29) is 21.7 Å². The number of Topliss-reactive ketones (excluding diaryl/α,β-unsaturated/α-hetero) is 1. The first-order valence-electron chi connectivity index (χ1n) is 9.49. The van der Waals surface area contributed by atoms with E-state index in [0.717, 1.165) is 24.8 Å². The van der Waals surface area contributed by atoms with E-state index in [1.165, 1.54) is 17.5 Å². The summed E-state index contributed by atoms with van der Waals surface area (Å²) >= 11 is 1.68. The lowest BCUT2D eigenvalue weighted by Crippen LogP contribution is -2.39. The highest BCUT2D eigenvalue weighted by atomic mass is 32.2. The van der Waals surface area contributed by atoms with Gasteiger partial charge in [-0.3, -0.25) is 9.59 Å². The van der Waals surface area contributed by atoms with Gasteiger partial charge in [-0.2, -0.15) is 0 Å². The maximum Gasteiger partial charge on any atom is 0.222 e. The molecule has 0 aromatic carbocycles. The average molecular weight is 426 g/mol. The summed E-state index contributed by atoms with van der Waals surface area (Å²) in [6.45, 7) is 4.44. The Morgan fingerprint density at radius 1 is 1.39 bits per heavy atom. The number of nitrogens with one attached hydrogen (secondary N) is 1. The fraction of sp³-hybridized carbons (Fsp3) is 0.632. The molecule has 7 nitrogen and oxygen atoms in total. The van der Waals surface area contributed by atoms with Gasteiger partial charge in [0.15, 0.2) is 0 Å². The van der Waals surface area contributed by atoms with Gasteiger partial charge in [0, 0.05) is 37.4 Å². The molecule has 2 aliphatic rings. The topological polar surface area (TPSA) is 96.4 Å². The van der Waals surface area contributed by atoms with Crippen LogP contribution in [0.5, 0.6) is 0 Å². The van der Waals surface area contributed by atoms with E-state index in [2.05, 4.69) is 10.3 Å². The van der Waals surface area contributed by atoms with Crippen LogP contribution in [-0.4, -0.2) is 54.0 Å². The summed E-state index contributed by atoms with van der Waals surface area (Å²) < 4.78 is 24.7. The molecule has 2 saturated heterocycles. The van der Waals surface area contributed by atoms with Crippen molar-refractivity contribution in [2.45, 2.75) is 49.5 Å². The Morgan fingerprint density at radius 2 is 2.07 bits per heavy atom. The Morgan fingerprint density at radius 3 is 2.61 bits per heavy atom. The molecule has 0 radical (unpaired) electrons. The summed E-state index contributed by atoms with van der Waals surface area (Å²) in [5.41, 5.74) is 1.000. The van der Waals surface area contributed by atoms with Crippen LogP contribution >= 0.6 is 11.8 Å². The lowest BCUT2D eigenvalue weighted by atomic mass is 9.81. The van der Waals surface area contributed by atoms with Crippen molar-refractivity contribution < 1.29 is 18.0 Å². The van der Waals surface area contributed by atoms with Crippen molar-refractivity contribution in [2.75, 3.05) is 24.7 Å². The quantitative estimate of drug-likeness (QED) is 0.778. The highest BCUT2D eigenvalue weighted by Gasteiger charge is 2.46. The molecular weight excluding hydrogens is 398 g/mol. The number of hydrogen-bond acceptors (Lipinski definition) is 6. The van der Waals surface area contributed by atoms with Gasteiger partial charge < -0.3 is 5.32 Å². The second-order valence-corrected chi connectivity index (χ2v) is 11.5. The number of hydrogen-bond donors (Lipinski definition) is 1. The highest BCUT2D eigenvalue weighted by Crippen LogP contribution is 2.53. The van der Waals surface area contributed by atoms with Crippen molar-refractivity contribution in [3.05, 3.63) is 23.9 Å². The van der Waals surface area contributed by atoms with Crippen LogP contribution in [0.2, 0.25) is 0 Å². The van der Waals surface area contributed by atoms with Crippen LogP contribution in [0.4, 0.5) is 5.82 Å². The Labute approximate surface area is 170 Å². The van der Waals surface area contributed by atoms with E-state index >= 15 is 0 Å². The number of anilines is 1. The largest absolute Gasteiger partial charge is 0.311 e. The molecule has 28 heavy (non-hydrogen) atoms. The molecule has 3 heterocycles. The van der Waals surface area contributed by atoms with E-state index in [4.69, 9.17) is 0 Å². The number of thioether (sulfide) groups is 1. The first-order chi connectivity index (χ1) is 13.1. The predicted molar refractivity (Wildman–Crippen MR) is 111 cm³/mol. The molecule has 0 aliphatic carbocycles. The molecule has 3 rings (SSSR count). The number of ketones is 1. The van der Waals surface area contributed by atoms with Gasteiger partial charge in [0.2, 0.25) is 15.9 Å². The molecule has 0 spiro atoms. The second kappa shape index (κ2) is 8.12.